The maximum Gasteiger partial charge on any atom is 0.488 e. The molecule has 0 radical (unpaired) electrons. The zero-order valence-electron chi connectivity index (χ0n) is 18.0. The lowest BCUT2D eigenvalue weighted by atomic mass is 9.88. The molecule has 13 heteroatoms. The van der Waals surface area contributed by atoms with Gasteiger partial charge in [-0.25, -0.2) is 9.18 Å². The van der Waals surface area contributed by atoms with Gasteiger partial charge in [-0.2, -0.15) is 8.42 Å². The second kappa shape index (κ2) is 8.72. The molecule has 0 bridgehead atoms. The Balaban J connectivity index is 1.57. The molecular formula is C21H22F2N4O6S. The van der Waals surface area contributed by atoms with Crippen LogP contribution in [0, 0.1) is 5.82 Å². The van der Waals surface area contributed by atoms with Gasteiger partial charge in [0.2, 0.25) is 5.91 Å². The minimum absolute atomic E-state index is 0.0501. The summed E-state index contributed by atoms with van der Waals surface area (Å²) >= 11 is 0. The Hall–Kier alpha value is -3.45. The van der Waals surface area contributed by atoms with Crippen molar-refractivity contribution < 1.29 is 35.6 Å². The Morgan fingerprint density at radius 3 is 2.79 bits per heavy atom. The number of nitrogens with one attached hydrogen (secondary N) is 3. The second-order valence-corrected chi connectivity index (χ2v) is 9.22. The average molecular weight is 496 g/mol. The van der Waals surface area contributed by atoms with Crippen LogP contribution in [0.4, 0.5) is 30.1 Å². The van der Waals surface area contributed by atoms with E-state index >= 15 is 0 Å². The van der Waals surface area contributed by atoms with Crippen LogP contribution in [0.15, 0.2) is 36.4 Å². The van der Waals surface area contributed by atoms with Crippen molar-refractivity contribution in [3.05, 3.63) is 47.8 Å². The molecule has 182 valence electrons. The zero-order valence-corrected chi connectivity index (χ0v) is 18.8. The summed E-state index contributed by atoms with van der Waals surface area (Å²) in [5.41, 5.74) is -0.270. The molecule has 1 unspecified atom stereocenters. The van der Waals surface area contributed by atoms with Gasteiger partial charge in [-0.15, -0.1) is 0 Å². The summed E-state index contributed by atoms with van der Waals surface area (Å²) in [5.74, 6) is -1.28. The topological polar surface area (TPSA) is 137 Å². The van der Waals surface area contributed by atoms with E-state index in [4.69, 9.17) is 5.11 Å². The number of amides is 2. The lowest BCUT2D eigenvalue weighted by Gasteiger charge is -2.42. The summed E-state index contributed by atoms with van der Waals surface area (Å²) in [6.45, 7) is 2.55. The lowest BCUT2D eigenvalue weighted by molar-refractivity contribution is -0.127. The van der Waals surface area contributed by atoms with Crippen molar-refractivity contribution >= 4 is 39.6 Å². The van der Waals surface area contributed by atoms with Gasteiger partial charge in [-0.3, -0.25) is 15.0 Å². The quantitative estimate of drug-likeness (QED) is 0.448. The molecule has 0 saturated carbocycles. The highest BCUT2D eigenvalue weighted by molar-refractivity contribution is 7.81. The van der Waals surface area contributed by atoms with E-state index in [9.17, 15) is 26.3 Å². The highest BCUT2D eigenvalue weighted by Gasteiger charge is 2.49. The van der Waals surface area contributed by atoms with Crippen LogP contribution in [0.5, 0.6) is 5.75 Å². The number of likely N-dealkylation sites (tertiary alicyclic amines) is 1. The molecule has 2 aromatic carbocycles. The molecule has 0 aromatic heterocycles. The third-order valence-corrected chi connectivity index (χ3v) is 6.40. The fraction of sp³-hybridized carbons (Fsp3) is 0.333. The number of halogens is 2. The van der Waals surface area contributed by atoms with Gasteiger partial charge in [-0.05, 0) is 50.6 Å². The SMILES string of the molecule is CC1(N2CCC[C@@H](Nc3cccc(OS(=O)(=O)F)c3)C2)C(=O)Nc2c(NC(=O)O)cc(F)cc21. The Morgan fingerprint density at radius 1 is 1.32 bits per heavy atom. The average Bonchev–Trinajstić information content (AvgIpc) is 2.99. The molecular weight excluding hydrogens is 474 g/mol. The normalized spacial score (nSPS) is 22.6. The Morgan fingerprint density at radius 2 is 2.09 bits per heavy atom. The smallest absolute Gasteiger partial charge is 0.465 e. The van der Waals surface area contributed by atoms with E-state index in [1.54, 1.807) is 13.0 Å². The Bertz CT molecular complexity index is 1260. The number of piperidine rings is 1. The van der Waals surface area contributed by atoms with Crippen molar-refractivity contribution in [3.63, 3.8) is 0 Å². The molecule has 0 spiro atoms. The number of hydrogen-bond donors (Lipinski definition) is 4. The van der Waals surface area contributed by atoms with Crippen LogP contribution in [-0.2, 0) is 20.8 Å². The van der Waals surface area contributed by atoms with Crippen LogP contribution < -0.4 is 20.1 Å². The van der Waals surface area contributed by atoms with E-state index in [1.165, 1.54) is 24.3 Å². The van der Waals surface area contributed by atoms with E-state index in [1.807, 2.05) is 4.90 Å². The van der Waals surface area contributed by atoms with Crippen molar-refractivity contribution in [2.75, 3.05) is 29.0 Å². The largest absolute Gasteiger partial charge is 0.488 e. The van der Waals surface area contributed by atoms with Gasteiger partial charge in [0, 0.05) is 29.9 Å². The molecule has 1 fully saturated rings. The molecule has 4 rings (SSSR count). The first-order chi connectivity index (χ1) is 16.0. The van der Waals surface area contributed by atoms with Crippen molar-refractivity contribution in [1.82, 2.24) is 4.90 Å². The summed E-state index contributed by atoms with van der Waals surface area (Å²) in [4.78, 5) is 26.1. The molecule has 1 saturated heterocycles. The number of benzene rings is 2. The zero-order chi connectivity index (χ0) is 24.7. The monoisotopic (exact) mass is 496 g/mol. The van der Waals surface area contributed by atoms with Crippen molar-refractivity contribution in [1.29, 1.82) is 0 Å². The third kappa shape index (κ3) is 4.75. The minimum atomic E-state index is -5.16. The number of hydrogen-bond acceptors (Lipinski definition) is 7. The van der Waals surface area contributed by atoms with Crippen LogP contribution in [0.25, 0.3) is 0 Å². The van der Waals surface area contributed by atoms with Gasteiger partial charge in [0.05, 0.1) is 11.4 Å². The van der Waals surface area contributed by atoms with Gasteiger partial charge in [0.1, 0.15) is 17.1 Å². The van der Waals surface area contributed by atoms with Crippen LogP contribution >= 0.6 is 0 Å². The standard InChI is InChI=1S/C21H22F2N4O6S/c1-21(16-8-12(22)9-17(25-20(29)30)18(16)26-19(21)28)27-7-3-5-14(11-27)24-13-4-2-6-15(10-13)33-34(23,31)32/h2,4,6,8-10,14,24-25H,3,5,7,11H2,1H3,(H,26,28)(H,29,30)/t14-,21?/m1/s1. The fourth-order valence-corrected chi connectivity index (χ4v) is 4.83. The van der Waals surface area contributed by atoms with Crippen molar-refractivity contribution in [2.45, 2.75) is 31.3 Å². The molecule has 2 heterocycles. The summed E-state index contributed by atoms with van der Waals surface area (Å²) < 4.78 is 53.0. The molecule has 10 nitrogen and oxygen atoms in total. The van der Waals surface area contributed by atoms with E-state index in [-0.39, 0.29) is 23.2 Å². The summed E-state index contributed by atoms with van der Waals surface area (Å²) in [6.07, 6.45) is 0.0351. The Labute approximate surface area is 194 Å². The van der Waals surface area contributed by atoms with Crippen LogP contribution in [0.1, 0.15) is 25.3 Å². The number of carbonyl (C=O) groups is 2. The number of fused-ring (bicyclic) bond motifs is 1. The first-order valence-electron chi connectivity index (χ1n) is 10.4. The van der Waals surface area contributed by atoms with Gasteiger partial charge < -0.3 is 19.9 Å². The summed E-state index contributed by atoms with van der Waals surface area (Å²) in [5, 5.41) is 17.1. The van der Waals surface area contributed by atoms with Gasteiger partial charge in [0.25, 0.3) is 0 Å². The molecule has 2 amide bonds. The minimum Gasteiger partial charge on any atom is -0.465 e. The predicted molar refractivity (Wildman–Crippen MR) is 119 cm³/mol. The van der Waals surface area contributed by atoms with Gasteiger partial charge in [0.15, 0.2) is 0 Å². The number of carboxylic acid groups (broad SMARTS) is 1. The van der Waals surface area contributed by atoms with Crippen molar-refractivity contribution in [2.24, 2.45) is 0 Å². The van der Waals surface area contributed by atoms with E-state index in [0.717, 1.165) is 12.5 Å². The molecule has 2 aromatic rings. The predicted octanol–water partition coefficient (Wildman–Crippen LogP) is 3.25. The molecule has 2 aliphatic rings. The molecule has 34 heavy (non-hydrogen) atoms. The van der Waals surface area contributed by atoms with E-state index in [0.29, 0.717) is 30.8 Å². The molecule has 2 aliphatic heterocycles. The van der Waals surface area contributed by atoms with Crippen LogP contribution in [0.2, 0.25) is 0 Å². The first kappa shape index (κ1) is 23.7. The number of nitrogens with zero attached hydrogens (tertiary/aromatic N) is 1. The molecule has 4 N–H and O–H groups in total. The van der Waals surface area contributed by atoms with Gasteiger partial charge >= 0.3 is 16.6 Å². The molecule has 0 aliphatic carbocycles. The van der Waals surface area contributed by atoms with Crippen LogP contribution in [-0.4, -0.2) is 49.6 Å². The highest BCUT2D eigenvalue weighted by atomic mass is 32.3. The van der Waals surface area contributed by atoms with E-state index in [2.05, 4.69) is 20.1 Å². The summed E-state index contributed by atoms with van der Waals surface area (Å²) in [7, 11) is -5.16. The van der Waals surface area contributed by atoms with E-state index < -0.39 is 33.9 Å². The fourth-order valence-electron chi connectivity index (χ4n) is 4.50. The van der Waals surface area contributed by atoms with Crippen molar-refractivity contribution in [3.8, 4) is 5.75 Å². The number of anilines is 3. The third-order valence-electron chi connectivity index (χ3n) is 6.00. The maximum absolute atomic E-state index is 14.3. The maximum atomic E-state index is 14.3. The number of rotatable bonds is 6. The second-order valence-electron chi connectivity index (χ2n) is 8.27. The van der Waals surface area contributed by atoms with Crippen LogP contribution in [0.3, 0.4) is 0 Å². The lowest BCUT2D eigenvalue weighted by Crippen LogP contribution is -2.55. The molecule has 2 atom stereocenters. The summed E-state index contributed by atoms with van der Waals surface area (Å²) in [6, 6.07) is 7.86. The first-order valence-corrected chi connectivity index (χ1v) is 11.7. The van der Waals surface area contributed by atoms with Gasteiger partial charge in [-0.1, -0.05) is 9.95 Å². The number of carbonyl (C=O) groups excluding carboxylic acids is 1. The highest BCUT2D eigenvalue weighted by Crippen LogP contribution is 2.45. The Kier molecular flexibility index (Phi) is 6.08.